The first-order valence-electron chi connectivity index (χ1n) is 6.11. The molecule has 1 N–H and O–H groups in total. The third-order valence-corrected chi connectivity index (χ3v) is 6.53. The minimum atomic E-state index is -1.52. The van der Waals surface area contributed by atoms with Crippen molar-refractivity contribution in [2.75, 3.05) is 11.5 Å². The Hall–Kier alpha value is -0.330. The number of thioether (sulfide) groups is 2. The molecule has 0 radical (unpaired) electrons. The van der Waals surface area contributed by atoms with Gasteiger partial charge in [-0.15, -0.1) is 0 Å². The Morgan fingerprint density at radius 2 is 1.89 bits per heavy atom. The van der Waals surface area contributed by atoms with Crippen molar-refractivity contribution in [1.82, 2.24) is 0 Å². The molecule has 0 spiro atoms. The minimum Gasteiger partial charge on any atom is -0.387 e. The lowest BCUT2D eigenvalue weighted by atomic mass is 10.0. The van der Waals surface area contributed by atoms with Crippen LogP contribution in [0.2, 0.25) is 0 Å². The van der Waals surface area contributed by atoms with Crippen LogP contribution in [0.1, 0.15) is 25.0 Å². The van der Waals surface area contributed by atoms with Crippen LogP contribution >= 0.6 is 23.5 Å². The Morgan fingerprint density at radius 1 is 1.21 bits per heavy atom. The molecule has 0 saturated carbocycles. The smallest absolute Gasteiger partial charge is 0.194 e. The SMILES string of the molecule is CCC1SCCSC1C(O)c1ccc(F)c(F)c1F. The van der Waals surface area contributed by atoms with Crippen LogP contribution in [0.4, 0.5) is 13.2 Å². The van der Waals surface area contributed by atoms with Gasteiger partial charge in [0, 0.05) is 27.6 Å². The molecule has 1 aromatic rings. The topological polar surface area (TPSA) is 20.2 Å². The Balaban J connectivity index is 2.28. The Kier molecular flexibility index (Phi) is 5.09. The van der Waals surface area contributed by atoms with Crippen molar-refractivity contribution in [2.45, 2.75) is 29.9 Å². The highest BCUT2D eigenvalue weighted by molar-refractivity contribution is 8.07. The summed E-state index contributed by atoms with van der Waals surface area (Å²) in [5.41, 5.74) is -0.155. The maximum absolute atomic E-state index is 13.7. The standard InChI is InChI=1S/C13H15F3OS2/c1-2-9-13(19-6-5-18-9)12(17)7-3-4-8(14)11(16)10(7)15/h3-4,9,12-13,17H,2,5-6H2,1H3. The lowest BCUT2D eigenvalue weighted by molar-refractivity contribution is 0.166. The van der Waals surface area contributed by atoms with Crippen LogP contribution in [0.15, 0.2) is 12.1 Å². The highest BCUT2D eigenvalue weighted by Crippen LogP contribution is 2.41. The van der Waals surface area contributed by atoms with Gasteiger partial charge in [0.15, 0.2) is 17.5 Å². The van der Waals surface area contributed by atoms with Crippen molar-refractivity contribution in [2.24, 2.45) is 0 Å². The summed E-state index contributed by atoms with van der Waals surface area (Å²) < 4.78 is 39.8. The molecule has 1 saturated heterocycles. The molecule has 1 heterocycles. The van der Waals surface area contributed by atoms with Crippen LogP contribution in [0.3, 0.4) is 0 Å². The fraction of sp³-hybridized carbons (Fsp3) is 0.538. The predicted molar refractivity (Wildman–Crippen MR) is 74.1 cm³/mol. The van der Waals surface area contributed by atoms with E-state index in [9.17, 15) is 18.3 Å². The fourth-order valence-electron chi connectivity index (χ4n) is 2.18. The van der Waals surface area contributed by atoms with Crippen LogP contribution in [-0.2, 0) is 0 Å². The molecule has 2 rings (SSSR count). The Morgan fingerprint density at radius 3 is 2.58 bits per heavy atom. The summed E-state index contributed by atoms with van der Waals surface area (Å²) in [6.07, 6.45) is -0.261. The van der Waals surface area contributed by atoms with Gasteiger partial charge in [0.25, 0.3) is 0 Å². The first-order chi connectivity index (χ1) is 9.06. The van der Waals surface area contributed by atoms with Crippen molar-refractivity contribution in [3.8, 4) is 0 Å². The zero-order valence-corrected chi connectivity index (χ0v) is 12.0. The molecule has 1 aliphatic rings. The molecule has 0 aromatic heterocycles. The second-order valence-electron chi connectivity index (χ2n) is 4.36. The zero-order valence-electron chi connectivity index (χ0n) is 10.4. The second kappa shape index (κ2) is 6.41. The van der Waals surface area contributed by atoms with E-state index in [0.717, 1.165) is 30.1 Å². The molecule has 6 heteroatoms. The number of hydrogen-bond donors (Lipinski definition) is 1. The number of hydrogen-bond acceptors (Lipinski definition) is 3. The van der Waals surface area contributed by atoms with E-state index in [1.54, 1.807) is 23.5 Å². The second-order valence-corrected chi connectivity index (χ2v) is 7.00. The van der Waals surface area contributed by atoms with E-state index in [1.807, 2.05) is 6.92 Å². The van der Waals surface area contributed by atoms with E-state index in [-0.39, 0.29) is 16.1 Å². The molecule has 3 atom stereocenters. The monoisotopic (exact) mass is 308 g/mol. The lowest BCUT2D eigenvalue weighted by Gasteiger charge is -2.33. The summed E-state index contributed by atoms with van der Waals surface area (Å²) in [5, 5.41) is 10.3. The number of benzene rings is 1. The van der Waals surface area contributed by atoms with E-state index < -0.39 is 23.6 Å². The summed E-state index contributed by atoms with van der Waals surface area (Å²) >= 11 is 3.30. The Bertz CT molecular complexity index is 456. The largest absolute Gasteiger partial charge is 0.387 e. The number of rotatable bonds is 3. The zero-order chi connectivity index (χ0) is 14.0. The number of aliphatic hydroxyl groups is 1. The van der Waals surface area contributed by atoms with Gasteiger partial charge in [0.1, 0.15) is 0 Å². The summed E-state index contributed by atoms with van der Waals surface area (Å²) in [5.74, 6) is -2.16. The maximum Gasteiger partial charge on any atom is 0.194 e. The molecule has 0 amide bonds. The molecule has 1 aliphatic heterocycles. The number of halogens is 3. The average Bonchev–Trinajstić information content (AvgIpc) is 2.44. The van der Waals surface area contributed by atoms with Crippen LogP contribution < -0.4 is 0 Å². The molecular weight excluding hydrogens is 293 g/mol. The van der Waals surface area contributed by atoms with Gasteiger partial charge in [0.05, 0.1) is 6.10 Å². The third-order valence-electron chi connectivity index (χ3n) is 3.19. The van der Waals surface area contributed by atoms with E-state index in [4.69, 9.17) is 0 Å². The molecule has 106 valence electrons. The van der Waals surface area contributed by atoms with Crippen molar-refractivity contribution in [3.63, 3.8) is 0 Å². The van der Waals surface area contributed by atoms with Gasteiger partial charge in [-0.3, -0.25) is 0 Å². The van der Waals surface area contributed by atoms with Gasteiger partial charge in [-0.2, -0.15) is 23.5 Å². The molecule has 1 aromatic carbocycles. The predicted octanol–water partition coefficient (Wildman–Crippen LogP) is 3.76. The molecular formula is C13H15F3OS2. The summed E-state index contributed by atoms with van der Waals surface area (Å²) in [6.45, 7) is 2.00. The van der Waals surface area contributed by atoms with Gasteiger partial charge >= 0.3 is 0 Å². The lowest BCUT2D eigenvalue weighted by Crippen LogP contribution is -2.31. The first-order valence-corrected chi connectivity index (χ1v) is 8.20. The average molecular weight is 308 g/mol. The summed E-state index contributed by atoms with van der Waals surface area (Å²) in [4.78, 5) is 0. The van der Waals surface area contributed by atoms with E-state index in [1.165, 1.54) is 0 Å². The van der Waals surface area contributed by atoms with Crippen LogP contribution in [0.5, 0.6) is 0 Å². The molecule has 1 nitrogen and oxygen atoms in total. The first kappa shape index (κ1) is 15.1. The van der Waals surface area contributed by atoms with Crippen molar-refractivity contribution in [1.29, 1.82) is 0 Å². The molecule has 1 fully saturated rings. The fourth-order valence-corrected chi connectivity index (χ4v) is 5.30. The highest BCUT2D eigenvalue weighted by atomic mass is 32.2. The van der Waals surface area contributed by atoms with Crippen molar-refractivity contribution in [3.05, 3.63) is 35.1 Å². The summed E-state index contributed by atoms with van der Waals surface area (Å²) in [6, 6.07) is 1.99. The van der Waals surface area contributed by atoms with Gasteiger partial charge in [-0.1, -0.05) is 13.0 Å². The van der Waals surface area contributed by atoms with E-state index >= 15 is 0 Å². The molecule has 0 aliphatic carbocycles. The molecule has 0 bridgehead atoms. The van der Waals surface area contributed by atoms with Crippen LogP contribution in [0, 0.1) is 17.5 Å². The van der Waals surface area contributed by atoms with Crippen molar-refractivity contribution >= 4 is 23.5 Å². The van der Waals surface area contributed by atoms with Crippen LogP contribution in [-0.4, -0.2) is 27.1 Å². The van der Waals surface area contributed by atoms with E-state index in [0.29, 0.717) is 0 Å². The minimum absolute atomic E-state index is 0.155. The van der Waals surface area contributed by atoms with Gasteiger partial charge in [-0.25, -0.2) is 13.2 Å². The quantitative estimate of drug-likeness (QED) is 0.859. The third kappa shape index (κ3) is 3.06. The summed E-state index contributed by atoms with van der Waals surface area (Å²) in [7, 11) is 0. The molecule has 19 heavy (non-hydrogen) atoms. The van der Waals surface area contributed by atoms with Gasteiger partial charge in [0.2, 0.25) is 0 Å². The Labute approximate surface area is 119 Å². The van der Waals surface area contributed by atoms with Crippen LogP contribution in [0.25, 0.3) is 0 Å². The normalized spacial score (nSPS) is 25.3. The number of aliphatic hydroxyl groups excluding tert-OH is 1. The maximum atomic E-state index is 13.7. The van der Waals surface area contributed by atoms with Crippen molar-refractivity contribution < 1.29 is 18.3 Å². The van der Waals surface area contributed by atoms with E-state index in [2.05, 4.69) is 0 Å². The van der Waals surface area contributed by atoms with Gasteiger partial charge in [-0.05, 0) is 12.5 Å². The van der Waals surface area contributed by atoms with Gasteiger partial charge < -0.3 is 5.11 Å². The molecule has 3 unspecified atom stereocenters. The highest BCUT2D eigenvalue weighted by Gasteiger charge is 2.34.